The van der Waals surface area contributed by atoms with E-state index < -0.39 is 10.8 Å². The lowest BCUT2D eigenvalue weighted by atomic mass is 9.34. The van der Waals surface area contributed by atoms with Gasteiger partial charge in [0.2, 0.25) is 0 Å². The summed E-state index contributed by atoms with van der Waals surface area (Å²) in [6, 6.07) is 2.19. The van der Waals surface area contributed by atoms with Gasteiger partial charge in [0.15, 0.2) is 11.6 Å². The molecule has 0 radical (unpaired) electrons. The number of ether oxygens (including phenoxy) is 1. The SMILES string of the molecule is CC(=O)OCCC12CCC(C)(C)CC1C1C(=O)C=C3C4(C)C=C(C#N)C(=O)C(C)(C)C4CCC3(C)C1(C)CC2. The average Bonchev–Trinajstić information content (AvgIpc) is 2.83. The van der Waals surface area contributed by atoms with Gasteiger partial charge in [-0.15, -0.1) is 0 Å². The van der Waals surface area contributed by atoms with Gasteiger partial charge in [0.05, 0.1) is 12.2 Å². The standard InChI is InChI=1S/C34H47NO4/c1-21(36)39-16-15-34-13-11-29(2,3)19-23(34)27-24(37)17-26-31(6)18-22(20-35)28(38)30(4,5)25(31)9-10-32(26,7)33(27,8)12-14-34/h17-18,23,25,27H,9-16,19H2,1-8H3. The number of hydrogen-bond donors (Lipinski definition) is 0. The third-order valence-electron chi connectivity index (χ3n) is 12.9. The van der Waals surface area contributed by atoms with Crippen LogP contribution in [0, 0.1) is 61.6 Å². The van der Waals surface area contributed by atoms with Crippen molar-refractivity contribution in [2.45, 2.75) is 107 Å². The molecule has 5 heteroatoms. The van der Waals surface area contributed by atoms with Crippen LogP contribution in [0.1, 0.15) is 107 Å². The molecule has 0 N–H and O–H groups in total. The summed E-state index contributed by atoms with van der Waals surface area (Å²) in [7, 11) is 0. The molecule has 5 rings (SSSR count). The second-order valence-electron chi connectivity index (χ2n) is 15.7. The molecule has 0 aromatic heterocycles. The summed E-state index contributed by atoms with van der Waals surface area (Å²) in [6.45, 7) is 17.5. The fraction of sp³-hybridized carbons (Fsp3) is 0.765. The normalized spacial score (nSPS) is 43.9. The largest absolute Gasteiger partial charge is 0.466 e. The number of carbonyl (C=O) groups excluding carboxylic acids is 3. The lowest BCUT2D eigenvalue weighted by Crippen LogP contribution is -2.64. The van der Waals surface area contributed by atoms with E-state index in [0.717, 1.165) is 56.9 Å². The molecule has 5 aliphatic carbocycles. The number of fused-ring (bicyclic) bond motifs is 7. The Morgan fingerprint density at radius 3 is 2.33 bits per heavy atom. The van der Waals surface area contributed by atoms with E-state index in [2.05, 4.69) is 40.7 Å². The number of nitrogens with zero attached hydrogens (tertiary/aromatic N) is 1. The third-order valence-corrected chi connectivity index (χ3v) is 12.9. The molecule has 0 amide bonds. The summed E-state index contributed by atoms with van der Waals surface area (Å²) in [5.74, 6) is 0.155. The highest BCUT2D eigenvalue weighted by atomic mass is 16.5. The van der Waals surface area contributed by atoms with Gasteiger partial charge in [0.25, 0.3) is 0 Å². The molecule has 0 saturated heterocycles. The molecular weight excluding hydrogens is 486 g/mol. The van der Waals surface area contributed by atoms with Gasteiger partial charge < -0.3 is 4.74 Å². The zero-order valence-electron chi connectivity index (χ0n) is 25.3. The van der Waals surface area contributed by atoms with Gasteiger partial charge in [-0.25, -0.2) is 0 Å². The first-order valence-corrected chi connectivity index (χ1v) is 15.1. The first-order chi connectivity index (χ1) is 18.0. The number of hydrogen-bond acceptors (Lipinski definition) is 5. The molecule has 3 saturated carbocycles. The lowest BCUT2D eigenvalue weighted by molar-refractivity contribution is -0.175. The molecule has 7 unspecified atom stereocenters. The predicted molar refractivity (Wildman–Crippen MR) is 150 cm³/mol. The minimum absolute atomic E-state index is 0.0146. The first kappa shape index (κ1) is 28.3. The monoisotopic (exact) mass is 533 g/mol. The van der Waals surface area contributed by atoms with Gasteiger partial charge >= 0.3 is 5.97 Å². The third kappa shape index (κ3) is 3.79. The number of nitriles is 1. The summed E-state index contributed by atoms with van der Waals surface area (Å²) < 4.78 is 5.46. The van der Waals surface area contributed by atoms with Gasteiger partial charge in [-0.1, -0.05) is 60.1 Å². The van der Waals surface area contributed by atoms with Gasteiger partial charge in [0.1, 0.15) is 6.07 Å². The summed E-state index contributed by atoms with van der Waals surface area (Å²) >= 11 is 0. The fourth-order valence-electron chi connectivity index (χ4n) is 10.6. The number of allylic oxidation sites excluding steroid dienone is 4. The van der Waals surface area contributed by atoms with Crippen molar-refractivity contribution in [2.75, 3.05) is 6.61 Å². The molecule has 0 aliphatic heterocycles. The highest BCUT2D eigenvalue weighted by molar-refractivity contribution is 6.04. The first-order valence-electron chi connectivity index (χ1n) is 15.1. The molecule has 0 heterocycles. The number of esters is 1. The summed E-state index contributed by atoms with van der Waals surface area (Å²) in [5.41, 5.74) is 0.00198. The molecular formula is C34H47NO4. The Morgan fingerprint density at radius 2 is 1.69 bits per heavy atom. The maximum absolute atomic E-state index is 14.5. The molecule has 5 aliphatic rings. The Kier molecular flexibility index (Phi) is 6.27. The second kappa shape index (κ2) is 8.64. The highest BCUT2D eigenvalue weighted by Crippen LogP contribution is 2.74. The van der Waals surface area contributed by atoms with Crippen LogP contribution in [0.5, 0.6) is 0 Å². The van der Waals surface area contributed by atoms with Crippen LogP contribution in [-0.2, 0) is 19.1 Å². The summed E-state index contributed by atoms with van der Waals surface area (Å²) in [5, 5.41) is 9.90. The number of carbonyl (C=O) groups is 3. The molecule has 3 fully saturated rings. The molecule has 0 spiro atoms. The fourth-order valence-corrected chi connectivity index (χ4v) is 10.6. The van der Waals surface area contributed by atoms with E-state index in [1.165, 1.54) is 6.92 Å². The van der Waals surface area contributed by atoms with E-state index in [1.807, 2.05) is 26.0 Å². The van der Waals surface area contributed by atoms with Crippen molar-refractivity contribution in [2.24, 2.45) is 50.2 Å². The highest BCUT2D eigenvalue weighted by Gasteiger charge is 2.69. The Balaban J connectivity index is 1.63. The van der Waals surface area contributed by atoms with Crippen molar-refractivity contribution in [1.82, 2.24) is 0 Å². The molecule has 7 atom stereocenters. The van der Waals surface area contributed by atoms with Crippen LogP contribution in [0.2, 0.25) is 0 Å². The zero-order valence-corrected chi connectivity index (χ0v) is 25.3. The van der Waals surface area contributed by atoms with Gasteiger partial charge in [0, 0.05) is 23.7 Å². The Labute approximate surface area is 234 Å². The minimum atomic E-state index is -0.649. The van der Waals surface area contributed by atoms with Crippen LogP contribution in [0.4, 0.5) is 0 Å². The van der Waals surface area contributed by atoms with Crippen LogP contribution in [0.25, 0.3) is 0 Å². The van der Waals surface area contributed by atoms with E-state index in [0.29, 0.717) is 6.61 Å². The number of rotatable bonds is 3. The maximum atomic E-state index is 14.5. The van der Waals surface area contributed by atoms with Crippen molar-refractivity contribution < 1.29 is 19.1 Å². The predicted octanol–water partition coefficient (Wildman–Crippen LogP) is 7.16. The summed E-state index contributed by atoms with van der Waals surface area (Å²) in [6.07, 6.45) is 11.8. The van der Waals surface area contributed by atoms with E-state index in [1.54, 1.807) is 0 Å². The van der Waals surface area contributed by atoms with E-state index in [-0.39, 0.29) is 62.5 Å². The lowest BCUT2D eigenvalue weighted by Gasteiger charge is -2.69. The Hall–Kier alpha value is -2.22. The van der Waals surface area contributed by atoms with Crippen molar-refractivity contribution in [3.63, 3.8) is 0 Å². The Bertz CT molecular complexity index is 1230. The van der Waals surface area contributed by atoms with Crippen molar-refractivity contribution in [3.05, 3.63) is 23.3 Å². The van der Waals surface area contributed by atoms with E-state index in [9.17, 15) is 19.6 Å². The molecule has 0 bridgehead atoms. The number of ketones is 2. The minimum Gasteiger partial charge on any atom is -0.466 e. The van der Waals surface area contributed by atoms with Crippen LogP contribution in [-0.4, -0.2) is 24.1 Å². The van der Waals surface area contributed by atoms with E-state index in [4.69, 9.17) is 4.74 Å². The maximum Gasteiger partial charge on any atom is 0.302 e. The second-order valence-corrected chi connectivity index (χ2v) is 15.7. The molecule has 0 aromatic rings. The van der Waals surface area contributed by atoms with Crippen molar-refractivity contribution >= 4 is 17.5 Å². The molecule has 212 valence electrons. The Morgan fingerprint density at radius 1 is 1.03 bits per heavy atom. The van der Waals surface area contributed by atoms with Crippen molar-refractivity contribution in [1.29, 1.82) is 5.26 Å². The average molecular weight is 534 g/mol. The smallest absolute Gasteiger partial charge is 0.302 e. The van der Waals surface area contributed by atoms with Crippen LogP contribution in [0.3, 0.4) is 0 Å². The van der Waals surface area contributed by atoms with Gasteiger partial charge in [-0.3, -0.25) is 14.4 Å². The molecule has 5 nitrogen and oxygen atoms in total. The zero-order chi connectivity index (χ0) is 28.8. The van der Waals surface area contributed by atoms with Crippen LogP contribution < -0.4 is 0 Å². The van der Waals surface area contributed by atoms with Crippen LogP contribution in [0.15, 0.2) is 23.3 Å². The molecule has 39 heavy (non-hydrogen) atoms. The van der Waals surface area contributed by atoms with Crippen LogP contribution >= 0.6 is 0 Å². The van der Waals surface area contributed by atoms with Crippen molar-refractivity contribution in [3.8, 4) is 6.07 Å². The molecule has 0 aromatic carbocycles. The van der Waals surface area contributed by atoms with E-state index >= 15 is 0 Å². The topological polar surface area (TPSA) is 84.2 Å². The summed E-state index contributed by atoms with van der Waals surface area (Å²) in [4.78, 5) is 39.3. The number of Topliss-reactive ketones (excluding diaryl/α,β-unsaturated/α-hetero) is 1. The van der Waals surface area contributed by atoms with Gasteiger partial charge in [-0.05, 0) is 90.9 Å². The van der Waals surface area contributed by atoms with Gasteiger partial charge in [-0.2, -0.15) is 5.26 Å². The quantitative estimate of drug-likeness (QED) is 0.359.